The first kappa shape index (κ1) is 17.5. The number of amides is 2. The number of anilines is 2. The van der Waals surface area contributed by atoms with Crippen molar-refractivity contribution in [2.75, 3.05) is 17.2 Å². The topological polar surface area (TPSA) is 67.4 Å². The van der Waals surface area contributed by atoms with Crippen molar-refractivity contribution in [2.45, 2.75) is 46.6 Å². The second-order valence-corrected chi connectivity index (χ2v) is 6.58. The zero-order valence-electron chi connectivity index (χ0n) is 14.3. The van der Waals surface area contributed by atoms with Crippen LogP contribution in [0.2, 0.25) is 0 Å². The maximum absolute atomic E-state index is 12.2. The van der Waals surface area contributed by atoms with E-state index < -0.39 is 6.10 Å². The Hall–Kier alpha value is -1.88. The van der Waals surface area contributed by atoms with E-state index >= 15 is 0 Å². The molecule has 1 saturated carbocycles. The van der Waals surface area contributed by atoms with Crippen LogP contribution in [0.4, 0.5) is 11.4 Å². The molecule has 1 aromatic rings. The Kier molecular flexibility index (Phi) is 5.77. The van der Waals surface area contributed by atoms with Gasteiger partial charge in [-0.1, -0.05) is 19.9 Å². The summed E-state index contributed by atoms with van der Waals surface area (Å²) >= 11 is 0. The van der Waals surface area contributed by atoms with Crippen LogP contribution in [0, 0.1) is 18.8 Å². The van der Waals surface area contributed by atoms with Crippen LogP contribution in [0.3, 0.4) is 0 Å². The number of hydrogen-bond donors (Lipinski definition) is 2. The Bertz CT molecular complexity index is 580. The second kappa shape index (κ2) is 7.59. The van der Waals surface area contributed by atoms with Crippen LogP contribution in [-0.4, -0.2) is 24.5 Å². The molecule has 2 amide bonds. The molecule has 0 saturated heterocycles. The van der Waals surface area contributed by atoms with Crippen molar-refractivity contribution >= 4 is 23.2 Å². The molecule has 1 aromatic carbocycles. The number of nitrogens with one attached hydrogen (secondary N) is 2. The van der Waals surface area contributed by atoms with E-state index in [-0.39, 0.29) is 17.7 Å². The quantitative estimate of drug-likeness (QED) is 0.810. The smallest absolute Gasteiger partial charge is 0.253 e. The fraction of sp³-hybridized carbons (Fsp3) is 0.556. The molecule has 1 fully saturated rings. The number of hydrogen-bond acceptors (Lipinski definition) is 3. The number of benzene rings is 1. The van der Waals surface area contributed by atoms with Crippen molar-refractivity contribution in [1.82, 2.24) is 0 Å². The van der Waals surface area contributed by atoms with Crippen LogP contribution in [0.25, 0.3) is 0 Å². The highest BCUT2D eigenvalue weighted by Crippen LogP contribution is 2.29. The van der Waals surface area contributed by atoms with Gasteiger partial charge >= 0.3 is 0 Å². The Morgan fingerprint density at radius 2 is 1.87 bits per heavy atom. The number of aryl methyl sites for hydroxylation is 1. The Balaban J connectivity index is 1.97. The molecular formula is C18H26N2O3. The summed E-state index contributed by atoms with van der Waals surface area (Å²) < 4.78 is 5.58. The van der Waals surface area contributed by atoms with Crippen molar-refractivity contribution in [3.8, 4) is 0 Å². The molecule has 0 aromatic heterocycles. The molecule has 1 unspecified atom stereocenters. The lowest BCUT2D eigenvalue weighted by atomic mass is 10.1. The van der Waals surface area contributed by atoms with Gasteiger partial charge in [-0.25, -0.2) is 0 Å². The van der Waals surface area contributed by atoms with Crippen molar-refractivity contribution in [3.63, 3.8) is 0 Å². The lowest BCUT2D eigenvalue weighted by Crippen LogP contribution is -2.28. The van der Waals surface area contributed by atoms with E-state index in [2.05, 4.69) is 10.6 Å². The Morgan fingerprint density at radius 3 is 2.48 bits per heavy atom. The molecule has 5 nitrogen and oxygen atoms in total. The first-order valence-corrected chi connectivity index (χ1v) is 8.20. The fourth-order valence-corrected chi connectivity index (χ4v) is 2.00. The lowest BCUT2D eigenvalue weighted by Gasteiger charge is -2.16. The van der Waals surface area contributed by atoms with Crippen LogP contribution >= 0.6 is 0 Å². The van der Waals surface area contributed by atoms with Crippen LogP contribution in [-0.2, 0) is 14.3 Å². The fourth-order valence-electron chi connectivity index (χ4n) is 2.00. The number of rotatable bonds is 7. The molecular weight excluding hydrogens is 292 g/mol. The maximum atomic E-state index is 12.2. The minimum Gasteiger partial charge on any atom is -0.368 e. The van der Waals surface area contributed by atoms with Crippen molar-refractivity contribution in [2.24, 2.45) is 11.8 Å². The molecule has 0 bridgehead atoms. The molecule has 0 aliphatic heterocycles. The van der Waals surface area contributed by atoms with E-state index in [0.29, 0.717) is 23.9 Å². The number of carbonyl (C=O) groups is 2. The summed E-state index contributed by atoms with van der Waals surface area (Å²) in [5, 5.41) is 5.72. The van der Waals surface area contributed by atoms with Gasteiger partial charge in [0.1, 0.15) is 6.10 Å². The molecule has 2 rings (SSSR count). The highest BCUT2D eigenvalue weighted by atomic mass is 16.5. The molecule has 0 heterocycles. The third kappa shape index (κ3) is 5.36. The predicted octanol–water partition coefficient (Wildman–Crippen LogP) is 3.34. The minimum absolute atomic E-state index is 0.0488. The molecule has 1 aliphatic carbocycles. The van der Waals surface area contributed by atoms with Crippen LogP contribution in [0.1, 0.15) is 39.2 Å². The van der Waals surface area contributed by atoms with Gasteiger partial charge in [-0.2, -0.15) is 0 Å². The zero-order valence-corrected chi connectivity index (χ0v) is 14.3. The summed E-state index contributed by atoms with van der Waals surface area (Å²) in [6.45, 7) is 8.01. The van der Waals surface area contributed by atoms with Gasteiger partial charge in [0.15, 0.2) is 0 Å². The third-order valence-electron chi connectivity index (χ3n) is 3.94. The first-order valence-electron chi connectivity index (χ1n) is 8.20. The largest absolute Gasteiger partial charge is 0.368 e. The van der Waals surface area contributed by atoms with E-state index in [0.717, 1.165) is 5.56 Å². The van der Waals surface area contributed by atoms with Gasteiger partial charge in [-0.15, -0.1) is 0 Å². The SMILES string of the molecule is Cc1ccc(NC(=O)C(C)C)cc1NC(=O)C(C)OCC1CC1. The van der Waals surface area contributed by atoms with E-state index in [1.54, 1.807) is 13.0 Å². The minimum atomic E-state index is -0.482. The summed E-state index contributed by atoms with van der Waals surface area (Å²) in [5.41, 5.74) is 2.31. The third-order valence-corrected chi connectivity index (χ3v) is 3.94. The number of carbonyl (C=O) groups excluding carboxylic acids is 2. The molecule has 0 spiro atoms. The highest BCUT2D eigenvalue weighted by molar-refractivity contribution is 5.96. The summed E-state index contributed by atoms with van der Waals surface area (Å²) in [6, 6.07) is 5.49. The van der Waals surface area contributed by atoms with Gasteiger partial charge in [0.2, 0.25) is 5.91 Å². The van der Waals surface area contributed by atoms with Crippen LogP contribution < -0.4 is 10.6 Å². The van der Waals surface area contributed by atoms with Crippen LogP contribution in [0.5, 0.6) is 0 Å². The first-order chi connectivity index (χ1) is 10.9. The van der Waals surface area contributed by atoms with E-state index in [9.17, 15) is 9.59 Å². The Labute approximate surface area is 137 Å². The highest BCUT2D eigenvalue weighted by Gasteiger charge is 2.24. The van der Waals surface area contributed by atoms with E-state index in [4.69, 9.17) is 4.74 Å². The molecule has 1 aliphatic rings. The average molecular weight is 318 g/mol. The summed E-state index contributed by atoms with van der Waals surface area (Å²) in [4.78, 5) is 24.0. The van der Waals surface area contributed by atoms with Gasteiger partial charge in [-0.05, 0) is 50.3 Å². The van der Waals surface area contributed by atoms with Crippen molar-refractivity contribution < 1.29 is 14.3 Å². The van der Waals surface area contributed by atoms with Crippen LogP contribution in [0.15, 0.2) is 18.2 Å². The predicted molar refractivity (Wildman–Crippen MR) is 91.4 cm³/mol. The van der Waals surface area contributed by atoms with Crippen molar-refractivity contribution in [3.05, 3.63) is 23.8 Å². The maximum Gasteiger partial charge on any atom is 0.253 e. The van der Waals surface area contributed by atoms with Crippen molar-refractivity contribution in [1.29, 1.82) is 0 Å². The number of ether oxygens (including phenoxy) is 1. The molecule has 0 radical (unpaired) electrons. The van der Waals surface area contributed by atoms with Gasteiger partial charge in [0.25, 0.3) is 5.91 Å². The molecule has 5 heteroatoms. The summed E-state index contributed by atoms with van der Waals surface area (Å²) in [7, 11) is 0. The Morgan fingerprint density at radius 1 is 1.17 bits per heavy atom. The van der Waals surface area contributed by atoms with Gasteiger partial charge in [-0.3, -0.25) is 9.59 Å². The monoisotopic (exact) mass is 318 g/mol. The summed E-state index contributed by atoms with van der Waals surface area (Å²) in [6.07, 6.45) is 1.92. The molecule has 1 atom stereocenters. The molecule has 2 N–H and O–H groups in total. The average Bonchev–Trinajstić information content (AvgIpc) is 3.32. The normalized spacial score (nSPS) is 15.3. The van der Waals surface area contributed by atoms with E-state index in [1.165, 1.54) is 12.8 Å². The van der Waals surface area contributed by atoms with Gasteiger partial charge in [0, 0.05) is 17.3 Å². The van der Waals surface area contributed by atoms with Gasteiger partial charge < -0.3 is 15.4 Å². The standard InChI is InChI=1S/C18H26N2O3/c1-11(2)17(21)19-15-8-5-12(3)16(9-15)20-18(22)13(4)23-10-14-6-7-14/h5,8-9,11,13-14H,6-7,10H2,1-4H3,(H,19,21)(H,20,22). The zero-order chi connectivity index (χ0) is 17.0. The summed E-state index contributed by atoms with van der Waals surface area (Å²) in [5.74, 6) is 0.320. The molecule has 126 valence electrons. The second-order valence-electron chi connectivity index (χ2n) is 6.58. The van der Waals surface area contributed by atoms with E-state index in [1.807, 2.05) is 32.9 Å². The lowest BCUT2D eigenvalue weighted by molar-refractivity contribution is -0.126. The molecule has 23 heavy (non-hydrogen) atoms. The van der Waals surface area contributed by atoms with Gasteiger partial charge in [0.05, 0.1) is 6.61 Å².